The van der Waals surface area contributed by atoms with E-state index in [9.17, 15) is 19.0 Å². The highest BCUT2D eigenvalue weighted by Crippen LogP contribution is 2.50. The molecule has 10 heteroatoms. The van der Waals surface area contributed by atoms with Crippen LogP contribution in [-0.2, 0) is 6.42 Å². The number of carbonyl (C=O) groups excluding carboxylic acids is 1. The monoisotopic (exact) mass is 582 g/mol. The molecular weight excluding hydrogens is 536 g/mol. The van der Waals surface area contributed by atoms with Gasteiger partial charge in [-0.05, 0) is 63.3 Å². The summed E-state index contributed by atoms with van der Waals surface area (Å²) in [4.78, 5) is 13.6. The first-order valence-electron chi connectivity index (χ1n) is 13.9. The molecule has 1 saturated heterocycles. The van der Waals surface area contributed by atoms with Crippen LogP contribution in [0.15, 0.2) is 48.5 Å². The third-order valence-electron chi connectivity index (χ3n) is 6.98. The first-order chi connectivity index (χ1) is 18.2. The quantitative estimate of drug-likeness (QED) is 0.170. The van der Waals surface area contributed by atoms with Gasteiger partial charge < -0.3 is 21.1 Å². The van der Waals surface area contributed by atoms with Crippen LogP contribution in [0.4, 0.5) is 11.4 Å². The number of aliphatic hydroxyl groups is 1. The number of anilines is 2. The molecule has 1 aliphatic rings. The Balaban J connectivity index is 0.00000533. The van der Waals surface area contributed by atoms with Gasteiger partial charge in [0.05, 0.1) is 23.6 Å². The number of hydrogen-bond donors (Lipinski definition) is 6. The Hall–Kier alpha value is -2.01. The van der Waals surface area contributed by atoms with Crippen molar-refractivity contribution in [3.8, 4) is 0 Å². The zero-order valence-corrected chi connectivity index (χ0v) is 25.1. The molecule has 2 aromatic carbocycles. The van der Waals surface area contributed by atoms with Gasteiger partial charge in [-0.25, -0.2) is 0 Å². The second kappa shape index (κ2) is 16.3. The summed E-state index contributed by atoms with van der Waals surface area (Å²) in [7, 11) is -2.92. The fourth-order valence-corrected chi connectivity index (χ4v) is 6.45. The van der Waals surface area contributed by atoms with E-state index in [-0.39, 0.29) is 24.4 Å². The largest absolute Gasteiger partial charge is 0.390 e. The van der Waals surface area contributed by atoms with Crippen LogP contribution in [0.1, 0.15) is 68.8 Å². The van der Waals surface area contributed by atoms with Gasteiger partial charge in [0.25, 0.3) is 5.91 Å². The Morgan fingerprint density at radius 3 is 2.51 bits per heavy atom. The lowest BCUT2D eigenvalue weighted by Crippen LogP contribution is -2.49. The number of aliphatic hydroxyl groups excluding tert-OH is 1. The first kappa shape index (κ1) is 33.2. The van der Waals surface area contributed by atoms with Crippen LogP contribution in [0.25, 0.3) is 0 Å². The van der Waals surface area contributed by atoms with E-state index in [1.807, 2.05) is 43.3 Å². The summed E-state index contributed by atoms with van der Waals surface area (Å²) in [6, 6.07) is 15.0. The minimum absolute atomic E-state index is 0. The Kier molecular flexibility index (Phi) is 13.9. The van der Waals surface area contributed by atoms with Crippen molar-refractivity contribution < 1.29 is 19.0 Å². The predicted molar refractivity (Wildman–Crippen MR) is 167 cm³/mol. The Bertz CT molecular complexity index is 1010. The Morgan fingerprint density at radius 2 is 1.85 bits per heavy atom. The van der Waals surface area contributed by atoms with Crippen molar-refractivity contribution in [2.75, 3.05) is 35.0 Å². The number of unbranched alkanes of at least 4 members (excludes halogenated alkanes) is 1. The van der Waals surface area contributed by atoms with Crippen molar-refractivity contribution in [2.45, 2.75) is 77.5 Å². The average molecular weight is 583 g/mol. The van der Waals surface area contributed by atoms with E-state index < -0.39 is 22.9 Å². The van der Waals surface area contributed by atoms with Gasteiger partial charge >= 0.3 is 0 Å². The zero-order valence-electron chi connectivity index (χ0n) is 23.4. The normalized spacial score (nSPS) is 17.8. The number of amides is 1. The second-order valence-electron chi connectivity index (χ2n) is 10.2. The standard InChI is InChI=1S/C29H46N4O4S.ClH/c1-4-6-12-22(3)31-21-28(34)27(17-23-13-8-7-9-14-23)32-29(35)24-18-25(30-5-2)20-26(19-24)33-15-10-11-16-38(33,36)37;/h7-9,13-14,18-20,22,27-28,30-31,34,36-37H,4-6,10-12,15-17,21H2,1-3H3,(H,32,35);1H/t22?,27-,28+;/m0./s1. The fourth-order valence-electron chi connectivity index (χ4n) is 4.78. The second-order valence-corrected chi connectivity index (χ2v) is 12.3. The lowest BCUT2D eigenvalue weighted by Gasteiger charge is -2.47. The lowest BCUT2D eigenvalue weighted by atomic mass is 10.00. The van der Waals surface area contributed by atoms with Crippen molar-refractivity contribution in [2.24, 2.45) is 0 Å². The summed E-state index contributed by atoms with van der Waals surface area (Å²) in [6.07, 6.45) is 4.62. The molecule has 6 N–H and O–H groups in total. The highest BCUT2D eigenvalue weighted by molar-refractivity contribution is 8.25. The SMILES string of the molecule is CCCCC(C)NC[C@@H](O)[C@H](Cc1ccccc1)NC(=O)c1cc(NCC)cc(N2CCCCS2(O)O)c1.Cl. The smallest absolute Gasteiger partial charge is 0.251 e. The maximum Gasteiger partial charge on any atom is 0.251 e. The zero-order chi connectivity index (χ0) is 27.5. The van der Waals surface area contributed by atoms with Crippen molar-refractivity contribution in [1.29, 1.82) is 0 Å². The van der Waals surface area contributed by atoms with Gasteiger partial charge in [0.1, 0.15) is 0 Å². The number of nitrogens with zero attached hydrogens (tertiary/aromatic N) is 1. The van der Waals surface area contributed by atoms with Gasteiger partial charge in [0.2, 0.25) is 0 Å². The lowest BCUT2D eigenvalue weighted by molar-refractivity contribution is 0.0825. The highest BCUT2D eigenvalue weighted by Gasteiger charge is 2.28. The minimum atomic E-state index is -2.92. The molecule has 1 aliphatic heterocycles. The minimum Gasteiger partial charge on any atom is -0.390 e. The molecule has 1 fully saturated rings. The van der Waals surface area contributed by atoms with Gasteiger partial charge in [-0.1, -0.05) is 50.1 Å². The Labute approximate surface area is 241 Å². The van der Waals surface area contributed by atoms with E-state index in [1.165, 1.54) is 0 Å². The van der Waals surface area contributed by atoms with Crippen LogP contribution in [0.5, 0.6) is 0 Å². The maximum atomic E-state index is 13.6. The van der Waals surface area contributed by atoms with Crippen molar-refractivity contribution in [3.63, 3.8) is 0 Å². The molecule has 39 heavy (non-hydrogen) atoms. The van der Waals surface area contributed by atoms with E-state index in [0.29, 0.717) is 43.1 Å². The third-order valence-corrected chi connectivity index (χ3v) is 8.91. The molecule has 1 unspecified atom stereocenters. The van der Waals surface area contributed by atoms with Gasteiger partial charge in [-0.3, -0.25) is 18.2 Å². The number of benzene rings is 2. The summed E-state index contributed by atoms with van der Waals surface area (Å²) >= 11 is 0. The average Bonchev–Trinajstić information content (AvgIpc) is 2.90. The molecule has 2 aromatic rings. The number of carbonyl (C=O) groups is 1. The van der Waals surface area contributed by atoms with Gasteiger partial charge in [-0.15, -0.1) is 23.2 Å². The van der Waals surface area contributed by atoms with E-state index in [0.717, 1.165) is 43.4 Å². The predicted octanol–water partition coefficient (Wildman–Crippen LogP) is 5.68. The molecule has 1 heterocycles. The van der Waals surface area contributed by atoms with Crippen LogP contribution in [-0.4, -0.2) is 63.7 Å². The van der Waals surface area contributed by atoms with Crippen molar-refractivity contribution in [1.82, 2.24) is 10.6 Å². The maximum absolute atomic E-state index is 13.6. The molecule has 0 saturated carbocycles. The van der Waals surface area contributed by atoms with Crippen LogP contribution < -0.4 is 20.3 Å². The molecule has 3 atom stereocenters. The van der Waals surface area contributed by atoms with Crippen LogP contribution in [0, 0.1) is 0 Å². The molecule has 0 aliphatic carbocycles. The summed E-state index contributed by atoms with van der Waals surface area (Å²) in [5, 5.41) is 20.9. The molecular formula is C29H47ClN4O4S. The summed E-state index contributed by atoms with van der Waals surface area (Å²) in [5.74, 6) is 0.0214. The number of rotatable bonds is 14. The molecule has 220 valence electrons. The Morgan fingerprint density at radius 1 is 1.10 bits per heavy atom. The number of hydrogen-bond acceptors (Lipinski definition) is 7. The molecule has 8 nitrogen and oxygen atoms in total. The van der Waals surface area contributed by atoms with Crippen LogP contribution >= 0.6 is 23.2 Å². The van der Waals surface area contributed by atoms with Crippen molar-refractivity contribution >= 4 is 40.5 Å². The molecule has 0 spiro atoms. The van der Waals surface area contributed by atoms with E-state index in [4.69, 9.17) is 0 Å². The van der Waals surface area contributed by atoms with Gasteiger partial charge in [0.15, 0.2) is 0 Å². The molecule has 3 rings (SSSR count). The molecule has 1 amide bonds. The molecule has 0 bridgehead atoms. The summed E-state index contributed by atoms with van der Waals surface area (Å²) in [6.45, 7) is 7.82. The van der Waals surface area contributed by atoms with Crippen LogP contribution in [0.3, 0.4) is 0 Å². The topological polar surface area (TPSA) is 117 Å². The van der Waals surface area contributed by atoms with Gasteiger partial charge in [0, 0.05) is 36.9 Å². The fraction of sp³-hybridized carbons (Fsp3) is 0.552. The van der Waals surface area contributed by atoms with E-state index in [2.05, 4.69) is 29.8 Å². The number of halogens is 1. The van der Waals surface area contributed by atoms with E-state index in [1.54, 1.807) is 16.4 Å². The van der Waals surface area contributed by atoms with Crippen LogP contribution in [0.2, 0.25) is 0 Å². The van der Waals surface area contributed by atoms with Gasteiger partial charge in [-0.2, -0.15) is 0 Å². The van der Waals surface area contributed by atoms with Crippen molar-refractivity contribution in [3.05, 3.63) is 59.7 Å². The summed E-state index contributed by atoms with van der Waals surface area (Å²) < 4.78 is 23.0. The first-order valence-corrected chi connectivity index (χ1v) is 15.6. The highest BCUT2D eigenvalue weighted by atomic mass is 35.5. The summed E-state index contributed by atoms with van der Waals surface area (Å²) in [5.41, 5.74) is 2.79. The third kappa shape index (κ3) is 10.2. The van der Waals surface area contributed by atoms with E-state index >= 15 is 0 Å². The molecule has 0 aromatic heterocycles. The molecule has 0 radical (unpaired) electrons. The number of nitrogens with one attached hydrogen (secondary N) is 3.